The Morgan fingerprint density at radius 1 is 1.10 bits per heavy atom. The molecule has 1 amide bonds. The van der Waals surface area contributed by atoms with Gasteiger partial charge in [-0.3, -0.25) is 4.79 Å². The summed E-state index contributed by atoms with van der Waals surface area (Å²) < 4.78 is 7.73. The minimum atomic E-state index is 0.0889. The van der Waals surface area contributed by atoms with Gasteiger partial charge in [0.05, 0.1) is 19.8 Å². The molecule has 1 aromatic carbocycles. The van der Waals surface area contributed by atoms with Gasteiger partial charge in [-0.15, -0.1) is 0 Å². The van der Waals surface area contributed by atoms with Crippen molar-refractivity contribution in [2.24, 2.45) is 0 Å². The largest absolute Gasteiger partial charge is 0.370 e. The van der Waals surface area contributed by atoms with Crippen molar-refractivity contribution >= 4 is 5.91 Å². The molecule has 0 atom stereocenters. The zero-order valence-electron chi connectivity index (χ0n) is 18.6. The predicted octanol–water partition coefficient (Wildman–Crippen LogP) is 2.07. The van der Waals surface area contributed by atoms with E-state index in [9.17, 15) is 4.79 Å². The molecule has 0 bridgehead atoms. The number of benzene rings is 1. The first-order chi connectivity index (χ1) is 14.6. The van der Waals surface area contributed by atoms with E-state index in [4.69, 9.17) is 4.74 Å². The molecule has 5 nitrogen and oxygen atoms in total. The number of morpholine rings is 1. The third-order valence-corrected chi connectivity index (χ3v) is 6.71. The van der Waals surface area contributed by atoms with Crippen LogP contribution in [0.4, 0.5) is 0 Å². The molecule has 2 aromatic rings. The molecule has 2 aliphatic rings. The molecule has 1 fully saturated rings. The van der Waals surface area contributed by atoms with Crippen LogP contribution in [-0.2, 0) is 24.1 Å². The second-order valence-electron chi connectivity index (χ2n) is 8.90. The normalized spacial score (nSPS) is 17.0. The Balaban J connectivity index is 1.47. The van der Waals surface area contributed by atoms with E-state index in [-0.39, 0.29) is 5.91 Å². The van der Waals surface area contributed by atoms with Crippen LogP contribution in [0, 0.1) is 13.8 Å². The van der Waals surface area contributed by atoms with E-state index < -0.39 is 0 Å². The van der Waals surface area contributed by atoms with Gasteiger partial charge < -0.3 is 19.5 Å². The second-order valence-corrected chi connectivity index (χ2v) is 8.90. The number of nitrogens with zero attached hydrogens (tertiary/aromatic N) is 1. The number of fused-ring (bicyclic) bond motifs is 1. The summed E-state index contributed by atoms with van der Waals surface area (Å²) in [6.07, 6.45) is 5.64. The molecule has 1 aliphatic carbocycles. The van der Waals surface area contributed by atoms with Crippen LogP contribution in [-0.4, -0.2) is 49.9 Å². The molecule has 1 aromatic heterocycles. The van der Waals surface area contributed by atoms with Crippen molar-refractivity contribution in [3.63, 3.8) is 0 Å². The van der Waals surface area contributed by atoms with E-state index in [1.165, 1.54) is 40.8 Å². The van der Waals surface area contributed by atoms with Gasteiger partial charge in [-0.1, -0.05) is 29.8 Å². The van der Waals surface area contributed by atoms with E-state index in [2.05, 4.69) is 48.0 Å². The van der Waals surface area contributed by atoms with Gasteiger partial charge in [-0.05, 0) is 56.2 Å². The SMILES string of the molecule is Cc1ccc(Cn2c3c(c(C)c2C(=O)NCCC[NH+]2CCOCC2)CCCC3)cc1. The van der Waals surface area contributed by atoms with Gasteiger partial charge in [0.1, 0.15) is 18.8 Å². The van der Waals surface area contributed by atoms with Crippen LogP contribution in [0.25, 0.3) is 0 Å². The minimum Gasteiger partial charge on any atom is -0.370 e. The standard InChI is InChI=1S/C25H35N3O2/c1-19-8-10-21(11-9-19)18-28-23-7-4-3-6-22(23)20(2)24(28)25(29)26-12-5-13-27-14-16-30-17-15-27/h8-11H,3-7,12-18H2,1-2H3,(H,26,29)/p+1. The number of carbonyl (C=O) groups is 1. The Labute approximate surface area is 180 Å². The van der Waals surface area contributed by atoms with Crippen LogP contribution in [0.1, 0.15) is 57.7 Å². The third kappa shape index (κ3) is 4.79. The number of hydrogen-bond donors (Lipinski definition) is 2. The lowest BCUT2D eigenvalue weighted by molar-refractivity contribution is -0.908. The van der Waals surface area contributed by atoms with Crippen molar-refractivity contribution in [3.8, 4) is 0 Å². The summed E-state index contributed by atoms with van der Waals surface area (Å²) in [5.41, 5.74) is 7.38. The predicted molar refractivity (Wildman–Crippen MR) is 119 cm³/mol. The fourth-order valence-electron chi connectivity index (χ4n) is 4.95. The number of rotatable bonds is 7. The van der Waals surface area contributed by atoms with E-state index in [1.54, 1.807) is 4.90 Å². The van der Waals surface area contributed by atoms with Gasteiger partial charge in [0.2, 0.25) is 0 Å². The lowest BCUT2D eigenvalue weighted by Gasteiger charge is -2.23. The fraction of sp³-hybridized carbons (Fsp3) is 0.560. The van der Waals surface area contributed by atoms with Gasteiger partial charge in [0, 0.05) is 25.2 Å². The highest BCUT2D eigenvalue weighted by Crippen LogP contribution is 2.30. The number of amides is 1. The number of ether oxygens (including phenoxy) is 1. The average Bonchev–Trinajstić information content (AvgIpc) is 3.05. The zero-order chi connectivity index (χ0) is 20.9. The Morgan fingerprint density at radius 3 is 2.60 bits per heavy atom. The van der Waals surface area contributed by atoms with Gasteiger partial charge >= 0.3 is 0 Å². The maximum atomic E-state index is 13.2. The molecule has 0 radical (unpaired) electrons. The summed E-state index contributed by atoms with van der Waals surface area (Å²) >= 11 is 0. The van der Waals surface area contributed by atoms with E-state index in [1.807, 2.05) is 0 Å². The monoisotopic (exact) mass is 410 g/mol. The molecule has 0 unspecified atom stereocenters. The minimum absolute atomic E-state index is 0.0889. The summed E-state index contributed by atoms with van der Waals surface area (Å²) in [6, 6.07) is 8.69. The van der Waals surface area contributed by atoms with E-state index in [0.29, 0.717) is 0 Å². The average molecular weight is 411 g/mol. The molecule has 1 saturated heterocycles. The van der Waals surface area contributed by atoms with Crippen molar-refractivity contribution in [3.05, 3.63) is 57.9 Å². The van der Waals surface area contributed by atoms with Crippen LogP contribution in [0.15, 0.2) is 24.3 Å². The number of carbonyl (C=O) groups excluding carboxylic acids is 1. The maximum Gasteiger partial charge on any atom is 0.268 e. The lowest BCUT2D eigenvalue weighted by atomic mass is 9.95. The van der Waals surface area contributed by atoms with Gasteiger partial charge in [0.25, 0.3) is 5.91 Å². The topological polar surface area (TPSA) is 47.7 Å². The quantitative estimate of drug-likeness (QED) is 0.687. The molecular formula is C25H36N3O2+. The molecule has 0 saturated carbocycles. The molecular weight excluding hydrogens is 374 g/mol. The smallest absolute Gasteiger partial charge is 0.268 e. The van der Waals surface area contributed by atoms with Crippen LogP contribution in [0.5, 0.6) is 0 Å². The molecule has 0 spiro atoms. The van der Waals surface area contributed by atoms with Crippen molar-refractivity contribution in [1.82, 2.24) is 9.88 Å². The van der Waals surface area contributed by atoms with E-state index in [0.717, 1.165) is 70.9 Å². The van der Waals surface area contributed by atoms with Crippen LogP contribution >= 0.6 is 0 Å². The summed E-state index contributed by atoms with van der Waals surface area (Å²) in [5, 5.41) is 3.22. The lowest BCUT2D eigenvalue weighted by Crippen LogP contribution is -3.14. The Bertz CT molecular complexity index is 864. The first kappa shape index (κ1) is 21.1. The second kappa shape index (κ2) is 9.80. The highest BCUT2D eigenvalue weighted by atomic mass is 16.5. The Morgan fingerprint density at radius 2 is 1.83 bits per heavy atom. The summed E-state index contributed by atoms with van der Waals surface area (Å²) in [4.78, 5) is 14.8. The van der Waals surface area contributed by atoms with Gasteiger partial charge in [-0.2, -0.15) is 0 Å². The van der Waals surface area contributed by atoms with Crippen LogP contribution < -0.4 is 10.2 Å². The molecule has 5 heteroatoms. The van der Waals surface area contributed by atoms with Crippen molar-refractivity contribution in [2.75, 3.05) is 39.4 Å². The Kier molecular flexibility index (Phi) is 6.90. The fourth-order valence-corrected chi connectivity index (χ4v) is 4.95. The first-order valence-corrected chi connectivity index (χ1v) is 11.6. The summed E-state index contributed by atoms with van der Waals surface area (Å²) in [5.74, 6) is 0.0889. The Hall–Kier alpha value is -2.11. The number of nitrogens with one attached hydrogen (secondary N) is 2. The van der Waals surface area contributed by atoms with Gasteiger partial charge in [-0.25, -0.2) is 0 Å². The number of aromatic nitrogens is 1. The summed E-state index contributed by atoms with van der Waals surface area (Å²) in [7, 11) is 0. The summed E-state index contributed by atoms with van der Waals surface area (Å²) in [6.45, 7) is 10.8. The van der Waals surface area contributed by atoms with Crippen molar-refractivity contribution in [2.45, 2.75) is 52.5 Å². The number of aryl methyl sites for hydroxylation is 1. The highest BCUT2D eigenvalue weighted by molar-refractivity contribution is 5.95. The molecule has 1 aliphatic heterocycles. The van der Waals surface area contributed by atoms with Crippen molar-refractivity contribution in [1.29, 1.82) is 0 Å². The third-order valence-electron chi connectivity index (χ3n) is 6.71. The maximum absolute atomic E-state index is 13.2. The zero-order valence-corrected chi connectivity index (χ0v) is 18.6. The molecule has 2 N–H and O–H groups in total. The van der Waals surface area contributed by atoms with Gasteiger partial charge in [0.15, 0.2) is 0 Å². The number of quaternary nitrogens is 1. The van der Waals surface area contributed by atoms with Crippen LogP contribution in [0.3, 0.4) is 0 Å². The molecule has 4 rings (SSSR count). The van der Waals surface area contributed by atoms with Crippen LogP contribution in [0.2, 0.25) is 0 Å². The van der Waals surface area contributed by atoms with E-state index >= 15 is 0 Å². The van der Waals surface area contributed by atoms with Crippen molar-refractivity contribution < 1.29 is 14.4 Å². The molecule has 30 heavy (non-hydrogen) atoms. The highest BCUT2D eigenvalue weighted by Gasteiger charge is 2.26. The molecule has 2 heterocycles. The first-order valence-electron chi connectivity index (χ1n) is 11.6. The number of hydrogen-bond acceptors (Lipinski definition) is 2. The molecule has 162 valence electrons.